The first kappa shape index (κ1) is 10.8. The highest BCUT2D eigenvalue weighted by molar-refractivity contribution is 5.86. The number of fused-ring (bicyclic) bond motifs is 1. The van der Waals surface area contributed by atoms with Crippen LogP contribution in [0.3, 0.4) is 0 Å². The second-order valence-electron chi connectivity index (χ2n) is 3.51. The van der Waals surface area contributed by atoms with Crippen LogP contribution >= 0.6 is 0 Å². The van der Waals surface area contributed by atoms with Gasteiger partial charge in [-0.2, -0.15) is 0 Å². The van der Waals surface area contributed by atoms with Gasteiger partial charge in [0, 0.05) is 0 Å². The lowest BCUT2D eigenvalue weighted by Gasteiger charge is -2.11. The molecule has 0 aliphatic carbocycles. The summed E-state index contributed by atoms with van der Waals surface area (Å²) in [6.07, 6.45) is 0. The van der Waals surface area contributed by atoms with Crippen molar-refractivity contribution in [2.75, 3.05) is 13.2 Å². The van der Waals surface area contributed by atoms with E-state index in [1.807, 2.05) is 38.1 Å². The van der Waals surface area contributed by atoms with Crippen LogP contribution < -0.4 is 9.47 Å². The second kappa shape index (κ2) is 4.88. The molecule has 0 atom stereocenters. The first-order valence-electron chi connectivity index (χ1n) is 5.63. The molecular weight excluding hydrogens is 200 g/mol. The zero-order valence-corrected chi connectivity index (χ0v) is 9.69. The molecule has 0 N–H and O–H groups in total. The van der Waals surface area contributed by atoms with Crippen LogP contribution in [0, 0.1) is 0 Å². The Morgan fingerprint density at radius 2 is 1.25 bits per heavy atom. The van der Waals surface area contributed by atoms with E-state index in [0.717, 1.165) is 11.5 Å². The summed E-state index contributed by atoms with van der Waals surface area (Å²) < 4.78 is 11.1. The molecule has 84 valence electrons. The van der Waals surface area contributed by atoms with Gasteiger partial charge in [0.25, 0.3) is 0 Å². The lowest BCUT2D eigenvalue weighted by atomic mass is 10.1. The molecule has 2 heteroatoms. The third-order valence-corrected chi connectivity index (χ3v) is 2.41. The summed E-state index contributed by atoms with van der Waals surface area (Å²) in [5.74, 6) is 1.64. The minimum Gasteiger partial charge on any atom is -0.490 e. The molecule has 0 aromatic heterocycles. The standard InChI is InChI=1S/C14H16O2/c1-3-15-13-9-11-7-5-6-8-12(11)10-14(13)16-4-2/h5-10H,3-4H2,1-2H3. The van der Waals surface area contributed by atoms with Crippen LogP contribution in [0.5, 0.6) is 11.5 Å². The maximum Gasteiger partial charge on any atom is 0.161 e. The number of hydrogen-bond donors (Lipinski definition) is 0. The van der Waals surface area contributed by atoms with Crippen LogP contribution in [-0.2, 0) is 0 Å². The lowest BCUT2D eigenvalue weighted by molar-refractivity contribution is 0.288. The molecule has 2 aromatic rings. The van der Waals surface area contributed by atoms with Crippen LogP contribution in [0.25, 0.3) is 10.8 Å². The monoisotopic (exact) mass is 216 g/mol. The fourth-order valence-electron chi connectivity index (χ4n) is 1.74. The zero-order valence-electron chi connectivity index (χ0n) is 9.69. The van der Waals surface area contributed by atoms with Gasteiger partial charge in [-0.3, -0.25) is 0 Å². The molecule has 16 heavy (non-hydrogen) atoms. The maximum absolute atomic E-state index is 5.57. The molecular formula is C14H16O2. The molecule has 0 bridgehead atoms. The van der Waals surface area contributed by atoms with Gasteiger partial charge >= 0.3 is 0 Å². The fraction of sp³-hybridized carbons (Fsp3) is 0.286. The quantitative estimate of drug-likeness (QED) is 0.776. The van der Waals surface area contributed by atoms with Gasteiger partial charge in [-0.05, 0) is 36.8 Å². The van der Waals surface area contributed by atoms with E-state index in [9.17, 15) is 0 Å². The van der Waals surface area contributed by atoms with E-state index in [2.05, 4.69) is 12.1 Å². The van der Waals surface area contributed by atoms with Gasteiger partial charge in [-0.1, -0.05) is 24.3 Å². The summed E-state index contributed by atoms with van der Waals surface area (Å²) in [5.41, 5.74) is 0. The van der Waals surface area contributed by atoms with Gasteiger partial charge in [0.15, 0.2) is 11.5 Å². The molecule has 0 unspecified atom stereocenters. The minimum atomic E-state index is 0.651. The molecule has 0 fully saturated rings. The Hall–Kier alpha value is -1.70. The lowest BCUT2D eigenvalue weighted by Crippen LogP contribution is -1.98. The Balaban J connectivity index is 2.51. The van der Waals surface area contributed by atoms with E-state index in [4.69, 9.17) is 9.47 Å². The summed E-state index contributed by atoms with van der Waals surface area (Å²) in [4.78, 5) is 0. The fourth-order valence-corrected chi connectivity index (χ4v) is 1.74. The van der Waals surface area contributed by atoms with Gasteiger partial charge in [0.2, 0.25) is 0 Å². The van der Waals surface area contributed by atoms with Crippen molar-refractivity contribution in [2.24, 2.45) is 0 Å². The Kier molecular flexibility index (Phi) is 3.30. The van der Waals surface area contributed by atoms with Crippen molar-refractivity contribution >= 4 is 10.8 Å². The third-order valence-electron chi connectivity index (χ3n) is 2.41. The molecule has 0 amide bonds. The van der Waals surface area contributed by atoms with Gasteiger partial charge in [-0.25, -0.2) is 0 Å². The Morgan fingerprint density at radius 1 is 0.812 bits per heavy atom. The van der Waals surface area contributed by atoms with Crippen molar-refractivity contribution in [2.45, 2.75) is 13.8 Å². The average Bonchev–Trinajstić information content (AvgIpc) is 2.30. The van der Waals surface area contributed by atoms with Crippen molar-refractivity contribution in [3.8, 4) is 11.5 Å². The second-order valence-corrected chi connectivity index (χ2v) is 3.51. The van der Waals surface area contributed by atoms with Crippen LogP contribution in [0.1, 0.15) is 13.8 Å². The maximum atomic E-state index is 5.57. The average molecular weight is 216 g/mol. The van der Waals surface area contributed by atoms with Gasteiger partial charge in [0.05, 0.1) is 13.2 Å². The van der Waals surface area contributed by atoms with E-state index in [-0.39, 0.29) is 0 Å². The Labute approximate surface area is 95.8 Å². The number of benzene rings is 2. The SMILES string of the molecule is CCOc1cc2ccccc2cc1OCC. The predicted molar refractivity (Wildman–Crippen MR) is 66.3 cm³/mol. The number of hydrogen-bond acceptors (Lipinski definition) is 2. The van der Waals surface area contributed by atoms with E-state index < -0.39 is 0 Å². The first-order valence-corrected chi connectivity index (χ1v) is 5.63. The normalized spacial score (nSPS) is 10.4. The van der Waals surface area contributed by atoms with Crippen LogP contribution in [0.4, 0.5) is 0 Å². The molecule has 0 spiro atoms. The van der Waals surface area contributed by atoms with Gasteiger partial charge in [-0.15, -0.1) is 0 Å². The number of rotatable bonds is 4. The van der Waals surface area contributed by atoms with E-state index in [1.165, 1.54) is 10.8 Å². The molecule has 0 radical (unpaired) electrons. The molecule has 0 saturated carbocycles. The molecule has 0 aliphatic rings. The molecule has 2 nitrogen and oxygen atoms in total. The Morgan fingerprint density at radius 3 is 1.62 bits per heavy atom. The van der Waals surface area contributed by atoms with Crippen molar-refractivity contribution in [1.29, 1.82) is 0 Å². The summed E-state index contributed by atoms with van der Waals surface area (Å²) >= 11 is 0. The third kappa shape index (κ3) is 2.11. The molecule has 0 aliphatic heterocycles. The highest BCUT2D eigenvalue weighted by Gasteiger charge is 2.06. The van der Waals surface area contributed by atoms with Crippen LogP contribution in [-0.4, -0.2) is 13.2 Å². The first-order chi connectivity index (χ1) is 7.85. The molecule has 2 aromatic carbocycles. The summed E-state index contributed by atoms with van der Waals surface area (Å²) in [6, 6.07) is 12.3. The topological polar surface area (TPSA) is 18.5 Å². The van der Waals surface area contributed by atoms with Crippen LogP contribution in [0.15, 0.2) is 36.4 Å². The van der Waals surface area contributed by atoms with E-state index >= 15 is 0 Å². The van der Waals surface area contributed by atoms with Gasteiger partial charge in [0.1, 0.15) is 0 Å². The highest BCUT2D eigenvalue weighted by Crippen LogP contribution is 2.32. The summed E-state index contributed by atoms with van der Waals surface area (Å²) in [5, 5.41) is 2.35. The molecule has 0 heterocycles. The molecule has 2 rings (SSSR count). The smallest absolute Gasteiger partial charge is 0.161 e. The highest BCUT2D eigenvalue weighted by atomic mass is 16.5. The summed E-state index contributed by atoms with van der Waals surface area (Å²) in [6.45, 7) is 5.26. The predicted octanol–water partition coefficient (Wildman–Crippen LogP) is 3.64. The zero-order chi connectivity index (χ0) is 11.4. The van der Waals surface area contributed by atoms with E-state index in [0.29, 0.717) is 13.2 Å². The van der Waals surface area contributed by atoms with Crippen LogP contribution in [0.2, 0.25) is 0 Å². The van der Waals surface area contributed by atoms with Crippen molar-refractivity contribution < 1.29 is 9.47 Å². The largest absolute Gasteiger partial charge is 0.490 e. The van der Waals surface area contributed by atoms with Crippen molar-refractivity contribution in [3.05, 3.63) is 36.4 Å². The Bertz CT molecular complexity index is 433. The minimum absolute atomic E-state index is 0.651. The number of ether oxygens (including phenoxy) is 2. The van der Waals surface area contributed by atoms with Gasteiger partial charge < -0.3 is 9.47 Å². The van der Waals surface area contributed by atoms with E-state index in [1.54, 1.807) is 0 Å². The molecule has 0 saturated heterocycles. The summed E-state index contributed by atoms with van der Waals surface area (Å²) in [7, 11) is 0. The van der Waals surface area contributed by atoms with Crippen molar-refractivity contribution in [3.63, 3.8) is 0 Å². The van der Waals surface area contributed by atoms with Crippen molar-refractivity contribution in [1.82, 2.24) is 0 Å².